The lowest BCUT2D eigenvalue weighted by Crippen LogP contribution is -2.49. The average Bonchev–Trinajstić information content (AvgIpc) is 2.37. The van der Waals surface area contributed by atoms with E-state index in [1.54, 1.807) is 6.92 Å². The van der Waals surface area contributed by atoms with Gasteiger partial charge in [-0.15, -0.1) is 0 Å². The van der Waals surface area contributed by atoms with E-state index in [1.807, 2.05) is 0 Å². The highest BCUT2D eigenvalue weighted by molar-refractivity contribution is 5.70. The van der Waals surface area contributed by atoms with Gasteiger partial charge in [0, 0.05) is 5.41 Å². The summed E-state index contributed by atoms with van der Waals surface area (Å²) in [6.45, 7) is 5.29. The molecule has 0 atom stereocenters. The zero-order valence-electron chi connectivity index (χ0n) is 11.5. The number of hydrogen-bond donors (Lipinski definition) is 0. The van der Waals surface area contributed by atoms with E-state index < -0.39 is 5.79 Å². The summed E-state index contributed by atoms with van der Waals surface area (Å²) in [4.78, 5) is 11.3. The summed E-state index contributed by atoms with van der Waals surface area (Å²) in [7, 11) is 1.38. The highest BCUT2D eigenvalue weighted by Gasteiger charge is 2.43. The van der Waals surface area contributed by atoms with Crippen molar-refractivity contribution in [1.82, 2.24) is 0 Å². The van der Waals surface area contributed by atoms with Crippen molar-refractivity contribution in [3.05, 3.63) is 11.6 Å². The van der Waals surface area contributed by atoms with Crippen molar-refractivity contribution in [1.29, 1.82) is 0 Å². The van der Waals surface area contributed by atoms with Crippen LogP contribution in [0, 0.1) is 5.41 Å². The third kappa shape index (κ3) is 2.93. The molecular weight excluding hydrogens is 232 g/mol. The third-order valence-corrected chi connectivity index (χ3v) is 3.99. The van der Waals surface area contributed by atoms with E-state index in [4.69, 9.17) is 9.47 Å². The van der Waals surface area contributed by atoms with Crippen LogP contribution in [0.15, 0.2) is 11.6 Å². The Morgan fingerprint density at radius 3 is 2.61 bits per heavy atom. The molecule has 2 rings (SSSR count). The fourth-order valence-electron chi connectivity index (χ4n) is 2.45. The number of methoxy groups -OCH3 is 1. The molecule has 1 fully saturated rings. The number of carbonyl (C=O) groups excluding carboxylic acids is 1. The van der Waals surface area contributed by atoms with Gasteiger partial charge in [-0.3, -0.25) is 4.79 Å². The van der Waals surface area contributed by atoms with Crippen LogP contribution in [0.2, 0.25) is 0 Å². The molecule has 0 aromatic carbocycles. The molecule has 4 heteroatoms. The summed E-state index contributed by atoms with van der Waals surface area (Å²) >= 11 is 0. The van der Waals surface area contributed by atoms with Crippen molar-refractivity contribution >= 4 is 5.97 Å². The van der Waals surface area contributed by atoms with E-state index in [0.29, 0.717) is 13.2 Å². The van der Waals surface area contributed by atoms with Crippen LogP contribution in [-0.4, -0.2) is 32.1 Å². The molecule has 102 valence electrons. The van der Waals surface area contributed by atoms with Crippen molar-refractivity contribution < 1.29 is 19.0 Å². The van der Waals surface area contributed by atoms with Crippen LogP contribution < -0.4 is 0 Å². The van der Waals surface area contributed by atoms with Gasteiger partial charge in [0.2, 0.25) is 0 Å². The summed E-state index contributed by atoms with van der Waals surface area (Å²) in [5.74, 6) is -1.12. The van der Waals surface area contributed by atoms with Crippen LogP contribution in [0.5, 0.6) is 0 Å². The molecule has 0 amide bonds. The zero-order chi connectivity index (χ0) is 13.2. The van der Waals surface area contributed by atoms with Crippen molar-refractivity contribution in [3.8, 4) is 0 Å². The average molecular weight is 254 g/mol. The largest absolute Gasteiger partial charge is 0.469 e. The van der Waals surface area contributed by atoms with Gasteiger partial charge in [0.15, 0.2) is 5.79 Å². The monoisotopic (exact) mass is 254 g/mol. The Labute approximate surface area is 108 Å². The Kier molecular flexibility index (Phi) is 3.78. The molecule has 1 aliphatic carbocycles. The van der Waals surface area contributed by atoms with Crippen molar-refractivity contribution in [2.45, 2.75) is 45.3 Å². The van der Waals surface area contributed by atoms with E-state index in [0.717, 1.165) is 19.3 Å². The van der Waals surface area contributed by atoms with Crippen molar-refractivity contribution in [3.63, 3.8) is 0 Å². The minimum Gasteiger partial charge on any atom is -0.469 e. The van der Waals surface area contributed by atoms with Crippen LogP contribution in [0.4, 0.5) is 0 Å². The first kappa shape index (κ1) is 13.6. The first-order valence-electron chi connectivity index (χ1n) is 6.47. The van der Waals surface area contributed by atoms with Gasteiger partial charge in [0.25, 0.3) is 0 Å². The number of rotatable bonds is 2. The highest BCUT2D eigenvalue weighted by Crippen LogP contribution is 2.41. The Morgan fingerprint density at radius 1 is 1.44 bits per heavy atom. The number of allylic oxidation sites excluding steroid dienone is 2. The quantitative estimate of drug-likeness (QED) is 0.561. The Balaban J connectivity index is 1.93. The second kappa shape index (κ2) is 5.02. The molecule has 1 spiro atoms. The minimum absolute atomic E-state index is 0.106. The van der Waals surface area contributed by atoms with Crippen molar-refractivity contribution in [2.75, 3.05) is 20.3 Å². The predicted octanol–water partition coefficient (Wildman–Crippen LogP) is 2.43. The van der Waals surface area contributed by atoms with Gasteiger partial charge < -0.3 is 14.2 Å². The van der Waals surface area contributed by atoms with Gasteiger partial charge in [-0.2, -0.15) is 0 Å². The lowest BCUT2D eigenvalue weighted by atomic mass is 9.75. The number of esters is 1. The fraction of sp³-hybridized carbons (Fsp3) is 0.786. The van der Waals surface area contributed by atoms with Gasteiger partial charge >= 0.3 is 5.97 Å². The highest BCUT2D eigenvalue weighted by atomic mass is 16.7. The van der Waals surface area contributed by atoms with E-state index in [2.05, 4.69) is 17.7 Å². The van der Waals surface area contributed by atoms with Crippen LogP contribution in [0.3, 0.4) is 0 Å². The van der Waals surface area contributed by atoms with E-state index in [9.17, 15) is 4.79 Å². The number of carbonyl (C=O) groups is 1. The van der Waals surface area contributed by atoms with Crippen molar-refractivity contribution in [2.24, 2.45) is 5.41 Å². The summed E-state index contributed by atoms with van der Waals surface area (Å²) < 4.78 is 16.3. The minimum atomic E-state index is -0.825. The molecule has 0 aromatic rings. The Bertz CT molecular complexity index is 351. The number of hydrogen-bond acceptors (Lipinski definition) is 4. The second-order valence-electron chi connectivity index (χ2n) is 5.72. The summed E-state index contributed by atoms with van der Waals surface area (Å²) in [5.41, 5.74) is 1.55. The summed E-state index contributed by atoms with van der Waals surface area (Å²) in [6, 6.07) is 0. The first-order chi connectivity index (χ1) is 8.47. The molecule has 4 nitrogen and oxygen atoms in total. The van der Waals surface area contributed by atoms with Gasteiger partial charge in [0.1, 0.15) is 0 Å². The van der Waals surface area contributed by atoms with E-state index >= 15 is 0 Å². The molecule has 1 aliphatic heterocycles. The maximum atomic E-state index is 11.3. The normalized spacial score (nSPS) is 36.3. The molecule has 0 aromatic heterocycles. The maximum Gasteiger partial charge on any atom is 0.310 e. The molecule has 0 radical (unpaired) electrons. The number of ether oxygens (including phenoxy) is 3. The predicted molar refractivity (Wildman–Crippen MR) is 67.0 cm³/mol. The second-order valence-corrected chi connectivity index (χ2v) is 5.72. The van der Waals surface area contributed by atoms with Gasteiger partial charge in [-0.1, -0.05) is 11.6 Å². The molecule has 0 unspecified atom stereocenters. The Morgan fingerprint density at radius 2 is 2.11 bits per heavy atom. The molecule has 18 heavy (non-hydrogen) atoms. The van der Waals surface area contributed by atoms with E-state index in [1.165, 1.54) is 12.7 Å². The van der Waals surface area contributed by atoms with Gasteiger partial charge in [0.05, 0.1) is 26.7 Å². The zero-order valence-corrected chi connectivity index (χ0v) is 11.5. The summed E-state index contributed by atoms with van der Waals surface area (Å²) in [6.07, 6.45) is 5.64. The topological polar surface area (TPSA) is 44.8 Å². The lowest BCUT2D eigenvalue weighted by molar-refractivity contribution is -0.297. The Hall–Kier alpha value is -0.870. The van der Waals surface area contributed by atoms with Gasteiger partial charge in [-0.25, -0.2) is 0 Å². The maximum absolute atomic E-state index is 11.3. The first-order valence-corrected chi connectivity index (χ1v) is 6.47. The van der Waals surface area contributed by atoms with Crippen LogP contribution in [0.25, 0.3) is 0 Å². The smallest absolute Gasteiger partial charge is 0.310 e. The lowest BCUT2D eigenvalue weighted by Gasteiger charge is -2.45. The van der Waals surface area contributed by atoms with Crippen LogP contribution in [0.1, 0.15) is 39.5 Å². The standard InChI is InChI=1S/C14H22O4/c1-11-4-6-14(7-5-11)9-17-13(2,18-10-14)8-12(15)16-3/h4H,5-10H2,1-3H3. The molecule has 0 bridgehead atoms. The summed E-state index contributed by atoms with van der Waals surface area (Å²) in [5, 5.41) is 0. The fourth-order valence-corrected chi connectivity index (χ4v) is 2.45. The molecule has 0 saturated carbocycles. The molecule has 2 aliphatic rings. The SMILES string of the molecule is COC(=O)CC1(C)OCC2(CC=C(C)CC2)CO1. The molecular formula is C14H22O4. The molecule has 0 N–H and O–H groups in total. The third-order valence-electron chi connectivity index (χ3n) is 3.99. The van der Waals surface area contributed by atoms with Crippen LogP contribution >= 0.6 is 0 Å². The molecule has 1 saturated heterocycles. The van der Waals surface area contributed by atoms with Gasteiger partial charge in [-0.05, 0) is 33.1 Å². The molecule has 1 heterocycles. The van der Waals surface area contributed by atoms with E-state index in [-0.39, 0.29) is 17.8 Å². The van der Waals surface area contributed by atoms with Crippen LogP contribution in [-0.2, 0) is 19.0 Å².